The third-order valence-corrected chi connectivity index (χ3v) is 3.38. The number of rotatable bonds is 3. The van der Waals surface area contributed by atoms with Gasteiger partial charge in [-0.2, -0.15) is 0 Å². The van der Waals surface area contributed by atoms with Crippen molar-refractivity contribution in [3.05, 3.63) is 39.6 Å². The molecule has 1 aromatic heterocycles. The summed E-state index contributed by atoms with van der Waals surface area (Å²) in [6, 6.07) is 3.45. The molecule has 100 valence electrons. The third kappa shape index (κ3) is 1.95. The molecule has 1 atom stereocenters. The maximum Gasteiger partial charge on any atom is 0.310 e. The number of nitro groups is 1. The second kappa shape index (κ2) is 4.38. The van der Waals surface area contributed by atoms with E-state index >= 15 is 0 Å². The van der Waals surface area contributed by atoms with Crippen molar-refractivity contribution in [2.24, 2.45) is 7.05 Å². The molecule has 1 unspecified atom stereocenters. The van der Waals surface area contributed by atoms with Gasteiger partial charge in [-0.15, -0.1) is 0 Å². The number of carboxylic acid groups (broad SMARTS) is 1. The summed E-state index contributed by atoms with van der Waals surface area (Å²) in [7, 11) is 1.75. The van der Waals surface area contributed by atoms with Gasteiger partial charge in [0.25, 0.3) is 5.69 Å². The molecule has 6 nitrogen and oxygen atoms in total. The van der Waals surface area contributed by atoms with Crippen LogP contribution in [0.4, 0.5) is 5.69 Å². The number of aromatic nitrogens is 1. The molecule has 2 rings (SSSR count). The van der Waals surface area contributed by atoms with Crippen LogP contribution >= 0.6 is 0 Å². The summed E-state index contributed by atoms with van der Waals surface area (Å²) >= 11 is 0. The lowest BCUT2D eigenvalue weighted by Crippen LogP contribution is -2.07. The zero-order valence-corrected chi connectivity index (χ0v) is 10.9. The monoisotopic (exact) mass is 262 g/mol. The van der Waals surface area contributed by atoms with Crippen LogP contribution in [0.2, 0.25) is 0 Å². The summed E-state index contributed by atoms with van der Waals surface area (Å²) in [5.41, 5.74) is 1.66. The average molecular weight is 262 g/mol. The van der Waals surface area contributed by atoms with Gasteiger partial charge < -0.3 is 9.67 Å². The van der Waals surface area contributed by atoms with Gasteiger partial charge in [0.1, 0.15) is 0 Å². The van der Waals surface area contributed by atoms with E-state index in [0.29, 0.717) is 22.0 Å². The van der Waals surface area contributed by atoms with Crippen molar-refractivity contribution < 1.29 is 14.8 Å². The van der Waals surface area contributed by atoms with Crippen molar-refractivity contribution >= 4 is 22.6 Å². The van der Waals surface area contributed by atoms with Gasteiger partial charge in [-0.05, 0) is 25.5 Å². The molecule has 2 aromatic rings. The lowest BCUT2D eigenvalue weighted by Gasteiger charge is -2.06. The molecule has 1 N–H and O–H groups in total. The van der Waals surface area contributed by atoms with E-state index in [1.54, 1.807) is 36.9 Å². The first-order valence-electron chi connectivity index (χ1n) is 5.80. The van der Waals surface area contributed by atoms with Crippen molar-refractivity contribution in [2.45, 2.75) is 19.8 Å². The molecule has 0 saturated carbocycles. The fourth-order valence-corrected chi connectivity index (χ4v) is 2.30. The minimum atomic E-state index is -0.997. The summed E-state index contributed by atoms with van der Waals surface area (Å²) in [4.78, 5) is 21.9. The number of benzene rings is 1. The SMILES string of the molecule is Cc1ccc2c(c(C(C)C(=O)O)cn2C)c1[N+](=O)[O-]. The Kier molecular flexibility index (Phi) is 3.01. The lowest BCUT2D eigenvalue weighted by atomic mass is 9.98. The fourth-order valence-electron chi connectivity index (χ4n) is 2.30. The van der Waals surface area contributed by atoms with Crippen molar-refractivity contribution in [2.75, 3.05) is 0 Å². The van der Waals surface area contributed by atoms with Crippen LogP contribution in [0.3, 0.4) is 0 Å². The van der Waals surface area contributed by atoms with E-state index in [1.165, 1.54) is 6.92 Å². The van der Waals surface area contributed by atoms with Gasteiger partial charge in [-0.3, -0.25) is 14.9 Å². The molecule has 0 aliphatic rings. The highest BCUT2D eigenvalue weighted by Gasteiger charge is 2.26. The highest BCUT2D eigenvalue weighted by molar-refractivity contribution is 5.97. The minimum absolute atomic E-state index is 0.0128. The van der Waals surface area contributed by atoms with Crippen LogP contribution in [-0.2, 0) is 11.8 Å². The number of nitro benzene ring substituents is 1. The molecular weight excluding hydrogens is 248 g/mol. The Labute approximate surface area is 109 Å². The number of carboxylic acids is 1. The zero-order chi connectivity index (χ0) is 14.3. The molecule has 0 fully saturated rings. The van der Waals surface area contributed by atoms with Gasteiger partial charge in [0.2, 0.25) is 0 Å². The van der Waals surface area contributed by atoms with Crippen LogP contribution in [0.15, 0.2) is 18.3 Å². The smallest absolute Gasteiger partial charge is 0.310 e. The quantitative estimate of drug-likeness (QED) is 0.680. The van der Waals surface area contributed by atoms with Crippen molar-refractivity contribution in [1.29, 1.82) is 0 Å². The summed E-state index contributed by atoms with van der Waals surface area (Å²) in [6.45, 7) is 3.18. The Morgan fingerprint density at radius 2 is 2.11 bits per heavy atom. The summed E-state index contributed by atoms with van der Waals surface area (Å²) in [5, 5.41) is 20.8. The molecule has 19 heavy (non-hydrogen) atoms. The maximum atomic E-state index is 11.2. The van der Waals surface area contributed by atoms with Gasteiger partial charge in [0, 0.05) is 18.8 Å². The molecule has 0 amide bonds. The first-order chi connectivity index (χ1) is 8.84. The van der Waals surface area contributed by atoms with E-state index in [0.717, 1.165) is 0 Å². The van der Waals surface area contributed by atoms with Gasteiger partial charge >= 0.3 is 5.97 Å². The molecule has 1 heterocycles. The van der Waals surface area contributed by atoms with Gasteiger partial charge in [-0.25, -0.2) is 0 Å². The van der Waals surface area contributed by atoms with Crippen molar-refractivity contribution in [3.63, 3.8) is 0 Å². The highest BCUT2D eigenvalue weighted by atomic mass is 16.6. The Balaban J connectivity index is 2.90. The van der Waals surface area contributed by atoms with Crippen molar-refractivity contribution in [1.82, 2.24) is 4.57 Å². The van der Waals surface area contributed by atoms with Crippen molar-refractivity contribution in [3.8, 4) is 0 Å². The van der Waals surface area contributed by atoms with Gasteiger partial charge in [-0.1, -0.05) is 6.07 Å². The van der Waals surface area contributed by atoms with Crippen LogP contribution in [0.25, 0.3) is 10.9 Å². The molecule has 0 aliphatic heterocycles. The van der Waals surface area contributed by atoms with E-state index in [1.807, 2.05) is 0 Å². The molecule has 0 saturated heterocycles. The average Bonchev–Trinajstić information content (AvgIpc) is 2.65. The summed E-state index contributed by atoms with van der Waals surface area (Å²) in [6.07, 6.45) is 1.65. The molecule has 6 heteroatoms. The third-order valence-electron chi connectivity index (χ3n) is 3.38. The number of carbonyl (C=O) groups is 1. The normalized spacial score (nSPS) is 12.6. The number of aryl methyl sites for hydroxylation is 2. The second-order valence-electron chi connectivity index (χ2n) is 4.64. The van der Waals surface area contributed by atoms with Crippen LogP contribution < -0.4 is 0 Å². The van der Waals surface area contributed by atoms with Gasteiger partial charge in [0.15, 0.2) is 0 Å². The first kappa shape index (κ1) is 13.1. The highest BCUT2D eigenvalue weighted by Crippen LogP contribution is 2.36. The Morgan fingerprint density at radius 1 is 1.47 bits per heavy atom. The fraction of sp³-hybridized carbons (Fsp3) is 0.308. The van der Waals surface area contributed by atoms with E-state index in [9.17, 15) is 14.9 Å². The first-order valence-corrected chi connectivity index (χ1v) is 5.80. The number of fused-ring (bicyclic) bond motifs is 1. The molecule has 0 bridgehead atoms. The number of hydrogen-bond acceptors (Lipinski definition) is 3. The lowest BCUT2D eigenvalue weighted by molar-refractivity contribution is -0.383. The molecule has 0 aliphatic carbocycles. The predicted octanol–water partition coefficient (Wildman–Crippen LogP) is 2.58. The number of hydrogen-bond donors (Lipinski definition) is 1. The standard InChI is InChI=1S/C13H14N2O4/c1-7-4-5-10-11(12(7)15(18)19)9(6-14(10)3)8(2)13(16)17/h4-6,8H,1-3H3,(H,16,17). The van der Waals surface area contributed by atoms with E-state index < -0.39 is 16.8 Å². The van der Waals surface area contributed by atoms with Gasteiger partial charge in [0.05, 0.1) is 21.7 Å². The Bertz CT molecular complexity index is 687. The largest absolute Gasteiger partial charge is 0.481 e. The summed E-state index contributed by atoms with van der Waals surface area (Å²) < 4.78 is 1.72. The minimum Gasteiger partial charge on any atom is -0.481 e. The molecular formula is C13H14N2O4. The number of nitrogens with zero attached hydrogens (tertiary/aromatic N) is 2. The van der Waals surface area contributed by atoms with E-state index in [2.05, 4.69) is 0 Å². The van der Waals surface area contributed by atoms with Crippen LogP contribution in [-0.4, -0.2) is 20.6 Å². The summed E-state index contributed by atoms with van der Waals surface area (Å²) in [5.74, 6) is -1.78. The predicted molar refractivity (Wildman–Crippen MR) is 70.4 cm³/mol. The maximum absolute atomic E-state index is 11.2. The molecule has 0 radical (unpaired) electrons. The van der Waals surface area contributed by atoms with E-state index in [-0.39, 0.29) is 5.69 Å². The zero-order valence-electron chi connectivity index (χ0n) is 10.9. The molecule has 0 spiro atoms. The number of aliphatic carboxylic acids is 1. The Morgan fingerprint density at radius 3 is 2.63 bits per heavy atom. The van der Waals surface area contributed by atoms with E-state index in [4.69, 9.17) is 5.11 Å². The van der Waals surface area contributed by atoms with Crippen LogP contribution in [0, 0.1) is 17.0 Å². The Hall–Kier alpha value is -2.37. The van der Waals surface area contributed by atoms with Crippen LogP contribution in [0.5, 0.6) is 0 Å². The molecule has 1 aromatic carbocycles. The topological polar surface area (TPSA) is 85.4 Å². The van der Waals surface area contributed by atoms with Crippen LogP contribution in [0.1, 0.15) is 24.0 Å². The second-order valence-corrected chi connectivity index (χ2v) is 4.64.